The highest BCUT2D eigenvalue weighted by Crippen LogP contribution is 2.34. The Hall–Kier alpha value is -3.28. The maximum absolute atomic E-state index is 12.1. The zero-order chi connectivity index (χ0) is 17.1. The molecule has 1 N–H and O–H groups in total. The third kappa shape index (κ3) is 3.33. The van der Waals surface area contributed by atoms with Gasteiger partial charge in [-0.2, -0.15) is 0 Å². The Morgan fingerprint density at radius 1 is 1.00 bits per heavy atom. The molecule has 1 aliphatic rings. The summed E-state index contributed by atoms with van der Waals surface area (Å²) in [5, 5.41) is 6.83. The van der Waals surface area contributed by atoms with Crippen LogP contribution in [0.15, 0.2) is 59.1 Å². The van der Waals surface area contributed by atoms with E-state index in [9.17, 15) is 4.79 Å². The summed E-state index contributed by atoms with van der Waals surface area (Å²) in [6.45, 7) is 1.38. The van der Waals surface area contributed by atoms with Crippen LogP contribution in [0.25, 0.3) is 11.3 Å². The van der Waals surface area contributed by atoms with E-state index in [0.29, 0.717) is 42.5 Å². The molecule has 0 spiro atoms. The number of amides is 1. The summed E-state index contributed by atoms with van der Waals surface area (Å²) >= 11 is 0. The highest BCUT2D eigenvalue weighted by molar-refractivity contribution is 5.94. The molecule has 0 fully saturated rings. The normalized spacial score (nSPS) is 12.6. The number of rotatable bonds is 4. The van der Waals surface area contributed by atoms with Gasteiger partial charge in [0, 0.05) is 17.2 Å². The van der Waals surface area contributed by atoms with Gasteiger partial charge in [0.15, 0.2) is 17.3 Å². The lowest BCUT2D eigenvalue weighted by Gasteiger charge is -2.18. The highest BCUT2D eigenvalue weighted by Gasteiger charge is 2.15. The lowest BCUT2D eigenvalue weighted by Crippen LogP contribution is -2.22. The predicted molar refractivity (Wildman–Crippen MR) is 90.5 cm³/mol. The van der Waals surface area contributed by atoms with Crippen molar-refractivity contribution in [2.24, 2.45) is 0 Å². The van der Waals surface area contributed by atoms with Gasteiger partial charge in [-0.1, -0.05) is 23.4 Å². The monoisotopic (exact) mass is 336 g/mol. The number of ether oxygens (including phenoxy) is 2. The number of benzene rings is 2. The van der Waals surface area contributed by atoms with Crippen LogP contribution in [0.5, 0.6) is 11.5 Å². The fraction of sp³-hybridized carbons (Fsp3) is 0.158. The van der Waals surface area contributed by atoms with Crippen molar-refractivity contribution in [2.75, 3.05) is 13.2 Å². The number of carbonyl (C=O) groups excluding carboxylic acids is 1. The topological polar surface area (TPSA) is 73.6 Å². The predicted octanol–water partition coefficient (Wildman–Crippen LogP) is 3.04. The second kappa shape index (κ2) is 6.68. The molecule has 2 aromatic carbocycles. The van der Waals surface area contributed by atoms with Crippen molar-refractivity contribution < 1.29 is 18.8 Å². The van der Waals surface area contributed by atoms with Crippen LogP contribution in [0, 0.1) is 0 Å². The van der Waals surface area contributed by atoms with Crippen molar-refractivity contribution in [1.82, 2.24) is 10.5 Å². The molecule has 0 saturated heterocycles. The number of hydrogen-bond acceptors (Lipinski definition) is 5. The average Bonchev–Trinajstić information content (AvgIpc) is 3.15. The van der Waals surface area contributed by atoms with E-state index in [1.165, 1.54) is 0 Å². The van der Waals surface area contributed by atoms with Gasteiger partial charge in [0.25, 0.3) is 5.91 Å². The number of nitrogens with one attached hydrogen (secondary N) is 1. The van der Waals surface area contributed by atoms with Crippen molar-refractivity contribution >= 4 is 5.91 Å². The van der Waals surface area contributed by atoms with Crippen molar-refractivity contribution in [3.05, 3.63) is 65.9 Å². The molecule has 25 heavy (non-hydrogen) atoms. The molecule has 1 amide bonds. The number of carbonyl (C=O) groups is 1. The Balaban J connectivity index is 1.44. The summed E-state index contributed by atoms with van der Waals surface area (Å²) in [5.41, 5.74) is 2.10. The maximum Gasteiger partial charge on any atom is 0.251 e. The number of hydrogen-bond donors (Lipinski definition) is 1. The van der Waals surface area contributed by atoms with Crippen molar-refractivity contribution in [3.8, 4) is 22.8 Å². The first kappa shape index (κ1) is 15.3. The van der Waals surface area contributed by atoms with Crippen LogP contribution in [0.4, 0.5) is 0 Å². The second-order valence-corrected chi connectivity index (χ2v) is 5.59. The van der Waals surface area contributed by atoms with E-state index >= 15 is 0 Å². The van der Waals surface area contributed by atoms with E-state index in [1.54, 1.807) is 18.2 Å². The summed E-state index contributed by atoms with van der Waals surface area (Å²) in [6, 6.07) is 16.4. The minimum Gasteiger partial charge on any atom is -0.486 e. The van der Waals surface area contributed by atoms with E-state index in [2.05, 4.69) is 10.5 Å². The molecule has 6 heteroatoms. The molecule has 0 atom stereocenters. The summed E-state index contributed by atoms with van der Waals surface area (Å²) in [5.74, 6) is 1.88. The number of fused-ring (bicyclic) bond motifs is 1. The molecule has 2 heterocycles. The van der Waals surface area contributed by atoms with Gasteiger partial charge in [-0.25, -0.2) is 0 Å². The van der Waals surface area contributed by atoms with Crippen LogP contribution in [-0.2, 0) is 6.54 Å². The fourth-order valence-corrected chi connectivity index (χ4v) is 2.59. The van der Waals surface area contributed by atoms with Gasteiger partial charge in [-0.05, 0) is 30.3 Å². The quantitative estimate of drug-likeness (QED) is 0.793. The smallest absolute Gasteiger partial charge is 0.251 e. The molecule has 3 aromatic rings. The zero-order valence-corrected chi connectivity index (χ0v) is 13.4. The molecule has 1 aliphatic heterocycles. The molecule has 0 saturated carbocycles. The standard InChI is InChI=1S/C19H16N2O4/c22-19(13-4-2-1-3-5-13)20-12-15-11-17(25-21-15)14-6-7-16-18(10-14)24-9-8-23-16/h1-7,10-11H,8-9,12H2,(H,20,22). The third-order valence-electron chi connectivity index (χ3n) is 3.85. The van der Waals surface area contributed by atoms with Crippen molar-refractivity contribution in [3.63, 3.8) is 0 Å². The van der Waals surface area contributed by atoms with E-state index in [-0.39, 0.29) is 5.91 Å². The number of aromatic nitrogens is 1. The first-order valence-electron chi connectivity index (χ1n) is 7.98. The van der Waals surface area contributed by atoms with Gasteiger partial charge in [-0.15, -0.1) is 0 Å². The van der Waals surface area contributed by atoms with Crippen LogP contribution in [-0.4, -0.2) is 24.3 Å². The molecule has 1 aromatic heterocycles. The first-order valence-corrected chi connectivity index (χ1v) is 7.98. The summed E-state index contributed by atoms with van der Waals surface area (Å²) in [4.78, 5) is 12.1. The molecule has 126 valence electrons. The largest absolute Gasteiger partial charge is 0.486 e. The van der Waals surface area contributed by atoms with Crippen LogP contribution < -0.4 is 14.8 Å². The Labute approximate surface area is 144 Å². The first-order chi connectivity index (χ1) is 12.3. The van der Waals surface area contributed by atoms with Crippen molar-refractivity contribution in [1.29, 1.82) is 0 Å². The van der Waals surface area contributed by atoms with E-state index in [4.69, 9.17) is 14.0 Å². The Kier molecular flexibility index (Phi) is 4.08. The van der Waals surface area contributed by atoms with Gasteiger partial charge in [0.05, 0.1) is 6.54 Å². The SMILES string of the molecule is O=C(NCc1cc(-c2ccc3c(c2)OCCO3)on1)c1ccccc1. The molecule has 0 radical (unpaired) electrons. The van der Waals surface area contributed by atoms with Crippen LogP contribution in [0.1, 0.15) is 16.1 Å². The Morgan fingerprint density at radius 3 is 2.64 bits per heavy atom. The van der Waals surface area contributed by atoms with E-state index < -0.39 is 0 Å². The van der Waals surface area contributed by atoms with Crippen LogP contribution in [0.3, 0.4) is 0 Å². The maximum atomic E-state index is 12.1. The second-order valence-electron chi connectivity index (χ2n) is 5.59. The van der Waals surface area contributed by atoms with Crippen LogP contribution in [0.2, 0.25) is 0 Å². The Morgan fingerprint density at radius 2 is 1.80 bits per heavy atom. The molecule has 0 bridgehead atoms. The molecule has 4 rings (SSSR count). The summed E-state index contributed by atoms with van der Waals surface area (Å²) in [6.07, 6.45) is 0. The zero-order valence-electron chi connectivity index (χ0n) is 13.4. The van der Waals surface area contributed by atoms with Crippen molar-refractivity contribution in [2.45, 2.75) is 6.54 Å². The van der Waals surface area contributed by atoms with Crippen LogP contribution >= 0.6 is 0 Å². The Bertz CT molecular complexity index is 889. The van der Waals surface area contributed by atoms with Gasteiger partial charge in [-0.3, -0.25) is 4.79 Å². The van der Waals surface area contributed by atoms with E-state index in [0.717, 1.165) is 11.3 Å². The molecule has 6 nitrogen and oxygen atoms in total. The minimum absolute atomic E-state index is 0.149. The minimum atomic E-state index is -0.149. The third-order valence-corrected chi connectivity index (χ3v) is 3.85. The van der Waals surface area contributed by atoms with Gasteiger partial charge in [0.2, 0.25) is 0 Å². The summed E-state index contributed by atoms with van der Waals surface area (Å²) < 4.78 is 16.5. The van der Waals surface area contributed by atoms with Gasteiger partial charge in [0.1, 0.15) is 18.9 Å². The van der Waals surface area contributed by atoms with Gasteiger partial charge >= 0.3 is 0 Å². The highest BCUT2D eigenvalue weighted by atomic mass is 16.6. The molecule has 0 unspecified atom stereocenters. The number of nitrogens with zero attached hydrogens (tertiary/aromatic N) is 1. The molecular weight excluding hydrogens is 320 g/mol. The average molecular weight is 336 g/mol. The fourth-order valence-electron chi connectivity index (χ4n) is 2.59. The molecule has 0 aliphatic carbocycles. The summed E-state index contributed by atoms with van der Waals surface area (Å²) in [7, 11) is 0. The molecular formula is C19H16N2O4. The van der Waals surface area contributed by atoms with Gasteiger partial charge < -0.3 is 19.3 Å². The lowest BCUT2D eigenvalue weighted by molar-refractivity contribution is 0.0950. The van der Waals surface area contributed by atoms with E-state index in [1.807, 2.05) is 36.4 Å². The lowest BCUT2D eigenvalue weighted by atomic mass is 10.1.